The van der Waals surface area contributed by atoms with Crippen molar-refractivity contribution in [3.05, 3.63) is 59.2 Å². The van der Waals surface area contributed by atoms with E-state index in [0.717, 1.165) is 18.5 Å². The summed E-state index contributed by atoms with van der Waals surface area (Å²) < 4.78 is 10.8. The number of ether oxygens (including phenoxy) is 2. The van der Waals surface area contributed by atoms with Crippen LogP contribution in [0.1, 0.15) is 59.9 Å². The van der Waals surface area contributed by atoms with Gasteiger partial charge in [-0.05, 0) is 68.9 Å². The third-order valence-electron chi connectivity index (χ3n) is 6.27. The Morgan fingerprint density at radius 3 is 2.72 bits per heavy atom. The average molecular weight is 542 g/mol. The van der Waals surface area contributed by atoms with Crippen molar-refractivity contribution in [3.63, 3.8) is 0 Å². The standard InChI is InChI=1S/C29H27N5O4S/c1-5-38-28(36)17(3)19-9-11-21(22(13-19)23-12-16(2)30-15-24(23)37-4)26(35)34-29-33-25-27(39-29)32-20(14-31-25)10-8-18-6-7-18/h9,11-15,17-18H,5-7H2,1-4H3,(H,31,33,34,35). The number of esters is 1. The molecule has 198 valence electrons. The van der Waals surface area contributed by atoms with E-state index in [0.29, 0.717) is 55.2 Å². The monoisotopic (exact) mass is 541 g/mol. The number of thiazole rings is 1. The first-order valence-corrected chi connectivity index (χ1v) is 13.5. The second kappa shape index (κ2) is 11.2. The number of benzene rings is 1. The van der Waals surface area contributed by atoms with E-state index in [9.17, 15) is 9.59 Å². The lowest BCUT2D eigenvalue weighted by Gasteiger charge is -2.17. The van der Waals surface area contributed by atoms with Crippen LogP contribution in [0, 0.1) is 24.7 Å². The topological polar surface area (TPSA) is 116 Å². The lowest BCUT2D eigenvalue weighted by molar-refractivity contribution is -0.144. The third-order valence-corrected chi connectivity index (χ3v) is 7.12. The minimum atomic E-state index is -0.520. The Hall–Kier alpha value is -4.36. The summed E-state index contributed by atoms with van der Waals surface area (Å²) in [5.41, 5.74) is 4.16. The smallest absolute Gasteiger partial charge is 0.313 e. The second-order valence-corrected chi connectivity index (χ2v) is 10.2. The van der Waals surface area contributed by atoms with Crippen LogP contribution in [0.4, 0.5) is 5.13 Å². The van der Waals surface area contributed by atoms with E-state index >= 15 is 0 Å². The van der Waals surface area contributed by atoms with Crippen molar-refractivity contribution in [1.29, 1.82) is 0 Å². The number of aryl methyl sites for hydroxylation is 1. The zero-order chi connectivity index (χ0) is 27.5. The van der Waals surface area contributed by atoms with E-state index in [-0.39, 0.29) is 18.5 Å². The number of nitrogens with zero attached hydrogens (tertiary/aromatic N) is 4. The van der Waals surface area contributed by atoms with Gasteiger partial charge in [-0.3, -0.25) is 19.9 Å². The summed E-state index contributed by atoms with van der Waals surface area (Å²) in [5.74, 6) is 5.98. The van der Waals surface area contributed by atoms with Gasteiger partial charge >= 0.3 is 5.97 Å². The molecular formula is C29H27N5O4S. The van der Waals surface area contributed by atoms with Crippen LogP contribution in [0.2, 0.25) is 0 Å². The van der Waals surface area contributed by atoms with Gasteiger partial charge in [0, 0.05) is 22.7 Å². The van der Waals surface area contributed by atoms with Crippen molar-refractivity contribution >= 4 is 38.8 Å². The minimum Gasteiger partial charge on any atom is -0.494 e. The van der Waals surface area contributed by atoms with Gasteiger partial charge in [0.05, 0.1) is 32.0 Å². The van der Waals surface area contributed by atoms with Crippen molar-refractivity contribution in [2.24, 2.45) is 5.92 Å². The molecule has 1 N–H and O–H groups in total. The Bertz CT molecular complexity index is 1630. The zero-order valence-corrected chi connectivity index (χ0v) is 22.9. The van der Waals surface area contributed by atoms with E-state index < -0.39 is 5.92 Å². The molecule has 1 amide bonds. The summed E-state index contributed by atoms with van der Waals surface area (Å²) >= 11 is 1.23. The van der Waals surface area contributed by atoms with Gasteiger partial charge in [0.15, 0.2) is 15.6 Å². The van der Waals surface area contributed by atoms with E-state index in [1.54, 1.807) is 45.5 Å². The van der Waals surface area contributed by atoms with Gasteiger partial charge in [0.2, 0.25) is 0 Å². The number of anilines is 1. The van der Waals surface area contributed by atoms with Gasteiger partial charge in [-0.15, -0.1) is 0 Å². The number of amides is 1. The molecule has 10 heteroatoms. The van der Waals surface area contributed by atoms with Crippen LogP contribution in [0.5, 0.6) is 5.75 Å². The summed E-state index contributed by atoms with van der Waals surface area (Å²) in [4.78, 5) is 44.3. The fourth-order valence-electron chi connectivity index (χ4n) is 3.98. The number of nitrogens with one attached hydrogen (secondary N) is 1. The molecule has 1 atom stereocenters. The SMILES string of the molecule is CCOC(=O)C(C)c1ccc(C(=O)Nc2nc3ncc(C#CC4CC4)nc3s2)c(-c2cc(C)ncc2OC)c1. The molecule has 39 heavy (non-hydrogen) atoms. The number of fused-ring (bicyclic) bond motifs is 1. The van der Waals surface area contributed by atoms with Crippen molar-refractivity contribution in [3.8, 4) is 28.7 Å². The predicted molar refractivity (Wildman–Crippen MR) is 149 cm³/mol. The van der Waals surface area contributed by atoms with Crippen LogP contribution < -0.4 is 10.1 Å². The minimum absolute atomic E-state index is 0.286. The highest BCUT2D eigenvalue weighted by Crippen LogP contribution is 2.35. The van der Waals surface area contributed by atoms with Gasteiger partial charge in [-0.1, -0.05) is 23.3 Å². The van der Waals surface area contributed by atoms with Crippen molar-refractivity contribution in [2.45, 2.75) is 39.5 Å². The first kappa shape index (κ1) is 26.3. The first-order valence-electron chi connectivity index (χ1n) is 12.6. The van der Waals surface area contributed by atoms with E-state index in [1.165, 1.54) is 11.3 Å². The third kappa shape index (κ3) is 5.89. The summed E-state index contributed by atoms with van der Waals surface area (Å²) in [5, 5.41) is 3.26. The molecule has 3 aromatic heterocycles. The molecule has 1 aromatic carbocycles. The number of pyridine rings is 1. The van der Waals surface area contributed by atoms with Crippen LogP contribution >= 0.6 is 11.3 Å². The molecule has 0 aliphatic heterocycles. The number of hydrogen-bond acceptors (Lipinski definition) is 9. The number of rotatable bonds is 7. The van der Waals surface area contributed by atoms with Crippen LogP contribution in [0.15, 0.2) is 36.7 Å². The molecule has 0 bridgehead atoms. The Balaban J connectivity index is 1.50. The molecule has 1 unspecified atom stereocenters. The summed E-state index contributed by atoms with van der Waals surface area (Å²) in [6.45, 7) is 5.69. The van der Waals surface area contributed by atoms with Gasteiger partial charge < -0.3 is 9.47 Å². The van der Waals surface area contributed by atoms with Crippen molar-refractivity contribution in [2.75, 3.05) is 19.0 Å². The van der Waals surface area contributed by atoms with E-state index in [4.69, 9.17) is 9.47 Å². The largest absolute Gasteiger partial charge is 0.494 e. The van der Waals surface area contributed by atoms with E-state index in [1.807, 2.05) is 19.1 Å². The predicted octanol–water partition coefficient (Wildman–Crippen LogP) is 5.15. The summed E-state index contributed by atoms with van der Waals surface area (Å²) in [7, 11) is 1.55. The fourth-order valence-corrected chi connectivity index (χ4v) is 4.77. The summed E-state index contributed by atoms with van der Waals surface area (Å²) in [6.07, 6.45) is 5.48. The number of carbonyl (C=O) groups excluding carboxylic acids is 2. The highest BCUT2D eigenvalue weighted by molar-refractivity contribution is 7.21. The molecule has 4 aromatic rings. The molecular weight excluding hydrogens is 514 g/mol. The summed E-state index contributed by atoms with van der Waals surface area (Å²) in [6, 6.07) is 7.12. The van der Waals surface area contributed by atoms with Crippen LogP contribution in [-0.4, -0.2) is 45.5 Å². The molecule has 0 radical (unpaired) electrons. The molecule has 5 rings (SSSR count). The normalized spacial score (nSPS) is 13.3. The Morgan fingerprint density at radius 1 is 1.15 bits per heavy atom. The molecule has 1 fully saturated rings. The maximum Gasteiger partial charge on any atom is 0.313 e. The molecule has 9 nitrogen and oxygen atoms in total. The molecule has 0 saturated heterocycles. The van der Waals surface area contributed by atoms with Gasteiger partial charge in [-0.25, -0.2) is 9.97 Å². The lowest BCUT2D eigenvalue weighted by Crippen LogP contribution is -2.16. The first-order chi connectivity index (χ1) is 18.9. The Kier molecular flexibility index (Phi) is 7.52. The Morgan fingerprint density at radius 2 is 1.97 bits per heavy atom. The van der Waals surface area contributed by atoms with Gasteiger partial charge in [0.1, 0.15) is 11.4 Å². The Labute approximate surface area is 230 Å². The van der Waals surface area contributed by atoms with Gasteiger partial charge in [-0.2, -0.15) is 4.98 Å². The highest BCUT2D eigenvalue weighted by Gasteiger charge is 2.23. The van der Waals surface area contributed by atoms with Crippen molar-refractivity contribution < 1.29 is 19.1 Å². The number of aromatic nitrogens is 4. The van der Waals surface area contributed by atoms with Crippen LogP contribution in [0.3, 0.4) is 0 Å². The number of methoxy groups -OCH3 is 1. The van der Waals surface area contributed by atoms with Gasteiger partial charge in [0.25, 0.3) is 5.91 Å². The average Bonchev–Trinajstić information content (AvgIpc) is 3.69. The molecule has 1 aliphatic carbocycles. The van der Waals surface area contributed by atoms with Crippen LogP contribution in [0.25, 0.3) is 21.6 Å². The maximum atomic E-state index is 13.6. The second-order valence-electron chi connectivity index (χ2n) is 9.21. The maximum absolute atomic E-state index is 13.6. The zero-order valence-electron chi connectivity index (χ0n) is 22.1. The molecule has 0 spiro atoms. The van der Waals surface area contributed by atoms with Crippen LogP contribution in [-0.2, 0) is 9.53 Å². The molecule has 1 aliphatic rings. The van der Waals surface area contributed by atoms with Crippen molar-refractivity contribution in [1.82, 2.24) is 19.9 Å². The lowest BCUT2D eigenvalue weighted by atomic mass is 9.92. The fraction of sp³-hybridized carbons (Fsp3) is 0.310. The number of hydrogen-bond donors (Lipinski definition) is 1. The van der Waals surface area contributed by atoms with E-state index in [2.05, 4.69) is 37.1 Å². The quantitative estimate of drug-likeness (QED) is 0.252. The molecule has 1 saturated carbocycles. The number of carbonyl (C=O) groups is 2. The highest BCUT2D eigenvalue weighted by atomic mass is 32.1. The molecule has 3 heterocycles.